The highest BCUT2D eigenvalue weighted by Crippen LogP contribution is 2.47. The predicted octanol–water partition coefficient (Wildman–Crippen LogP) is 7.67. The molecule has 3 aromatic carbocycles. The number of methoxy groups -OCH3 is 1. The fourth-order valence-electron chi connectivity index (χ4n) is 5.88. The fourth-order valence-corrected chi connectivity index (χ4v) is 5.88. The zero-order valence-corrected chi connectivity index (χ0v) is 27.9. The van der Waals surface area contributed by atoms with Gasteiger partial charge in [-0.25, -0.2) is 9.18 Å². The number of benzene rings is 3. The molecule has 0 saturated carbocycles. The van der Waals surface area contributed by atoms with Crippen molar-refractivity contribution in [1.29, 1.82) is 0 Å². The molecule has 0 aliphatic carbocycles. The number of para-hydroxylation sites is 1. The molecule has 0 aromatic heterocycles. The van der Waals surface area contributed by atoms with Crippen molar-refractivity contribution in [1.82, 2.24) is 4.90 Å². The first kappa shape index (κ1) is 34.9. The third-order valence-electron chi connectivity index (χ3n) is 8.14. The van der Waals surface area contributed by atoms with Crippen LogP contribution in [0, 0.1) is 5.82 Å². The Hall–Kier alpha value is -3.96. The largest absolute Gasteiger partial charge is 0.494 e. The number of nitrogens with zero attached hydrogens (tertiary/aromatic N) is 1. The molecule has 1 unspecified atom stereocenters. The van der Waals surface area contributed by atoms with Crippen molar-refractivity contribution in [2.45, 2.75) is 58.4 Å². The summed E-state index contributed by atoms with van der Waals surface area (Å²) in [6.45, 7) is 7.57. The standard InChI is InChI=1S/C33H39FN2O5.C2H4O2S/c1-5-13-39-25-11-12-26(27(34)17-25)28-14-24(23-15-29(38-4)33-30(16-23)40-20-41-33)18-36(28)19-31(37)35-32-21(6-2)9-8-10-22(32)7-3;1-5-2(3)4/h8-12,15-17,24,28H,5-7,13-14,18-20H2,1-4H3,(H,35,37);1H3,(H,3,4)/t24?,28-;/m1./s1. The lowest BCUT2D eigenvalue weighted by molar-refractivity contribution is -0.117. The monoisotopic (exact) mass is 654 g/mol. The summed E-state index contributed by atoms with van der Waals surface area (Å²) in [6.07, 6.45) is 4.63. The van der Waals surface area contributed by atoms with Crippen molar-refractivity contribution in [3.63, 3.8) is 0 Å². The van der Waals surface area contributed by atoms with Crippen molar-refractivity contribution in [2.75, 3.05) is 45.2 Å². The van der Waals surface area contributed by atoms with Gasteiger partial charge in [-0.15, -0.1) is 0 Å². The number of carbonyl (C=O) groups is 2. The Morgan fingerprint density at radius 2 is 1.80 bits per heavy atom. The molecule has 11 heteroatoms. The van der Waals surface area contributed by atoms with E-state index in [1.807, 2.05) is 43.3 Å². The van der Waals surface area contributed by atoms with E-state index in [1.54, 1.807) is 13.2 Å². The highest BCUT2D eigenvalue weighted by Gasteiger charge is 2.37. The zero-order chi connectivity index (χ0) is 33.2. The minimum Gasteiger partial charge on any atom is -0.494 e. The van der Waals surface area contributed by atoms with Crippen LogP contribution in [0.5, 0.6) is 23.0 Å². The summed E-state index contributed by atoms with van der Waals surface area (Å²) in [7, 11) is 1.60. The van der Waals surface area contributed by atoms with Crippen LogP contribution in [0.25, 0.3) is 0 Å². The number of aryl methyl sites for hydroxylation is 2. The number of amides is 1. The van der Waals surface area contributed by atoms with E-state index in [1.165, 1.54) is 12.3 Å². The lowest BCUT2D eigenvalue weighted by atomic mass is 9.93. The van der Waals surface area contributed by atoms with E-state index in [-0.39, 0.29) is 37.0 Å². The summed E-state index contributed by atoms with van der Waals surface area (Å²) in [5.41, 5.74) is 4.66. The van der Waals surface area contributed by atoms with E-state index < -0.39 is 5.30 Å². The zero-order valence-electron chi connectivity index (χ0n) is 27.1. The molecular weight excluding hydrogens is 611 g/mol. The van der Waals surface area contributed by atoms with Crippen LogP contribution in [0.4, 0.5) is 14.9 Å². The number of likely N-dealkylation sites (tertiary alicyclic amines) is 1. The molecule has 1 saturated heterocycles. The van der Waals surface area contributed by atoms with Crippen LogP contribution in [0.1, 0.15) is 67.8 Å². The normalized spacial score (nSPS) is 16.8. The Balaban J connectivity index is 0.000000892. The van der Waals surface area contributed by atoms with E-state index in [4.69, 9.17) is 24.1 Å². The van der Waals surface area contributed by atoms with Gasteiger partial charge in [-0.2, -0.15) is 0 Å². The maximum atomic E-state index is 15.5. The van der Waals surface area contributed by atoms with E-state index in [9.17, 15) is 9.59 Å². The quantitative estimate of drug-likeness (QED) is 0.215. The number of hydrogen-bond acceptors (Lipinski definition) is 8. The minimum absolute atomic E-state index is 0.0285. The maximum Gasteiger partial charge on any atom is 0.364 e. The number of rotatable bonds is 11. The highest BCUT2D eigenvalue weighted by atomic mass is 32.2. The van der Waals surface area contributed by atoms with Gasteiger partial charge in [-0.1, -0.05) is 45.0 Å². The molecule has 248 valence electrons. The second-order valence-corrected chi connectivity index (χ2v) is 11.8. The Labute approximate surface area is 274 Å². The maximum absolute atomic E-state index is 15.5. The van der Waals surface area contributed by atoms with Gasteiger partial charge in [0, 0.05) is 29.9 Å². The number of ether oxygens (including phenoxy) is 4. The molecular formula is C35H43FN2O7S. The number of fused-ring (bicyclic) bond motifs is 1. The van der Waals surface area contributed by atoms with Crippen molar-refractivity contribution in [3.05, 3.63) is 76.6 Å². The van der Waals surface area contributed by atoms with Crippen LogP contribution in [0.15, 0.2) is 48.5 Å². The molecule has 1 fully saturated rings. The van der Waals surface area contributed by atoms with E-state index >= 15 is 4.39 Å². The van der Waals surface area contributed by atoms with Gasteiger partial charge < -0.3 is 29.4 Å². The average molecular weight is 655 g/mol. The first-order chi connectivity index (χ1) is 22.2. The molecule has 5 rings (SSSR count). The van der Waals surface area contributed by atoms with Crippen molar-refractivity contribution >= 4 is 28.7 Å². The lowest BCUT2D eigenvalue weighted by Gasteiger charge is -2.25. The number of carboxylic acid groups (broad SMARTS) is 1. The molecule has 0 radical (unpaired) electrons. The number of thioether (sulfide) groups is 1. The van der Waals surface area contributed by atoms with Crippen LogP contribution in [0.3, 0.4) is 0 Å². The first-order valence-corrected chi connectivity index (χ1v) is 16.8. The molecule has 9 nitrogen and oxygen atoms in total. The Kier molecular flexibility index (Phi) is 12.6. The lowest BCUT2D eigenvalue weighted by Crippen LogP contribution is -2.34. The van der Waals surface area contributed by atoms with Crippen LogP contribution < -0.4 is 24.3 Å². The second kappa shape index (κ2) is 16.6. The van der Waals surface area contributed by atoms with Gasteiger partial charge in [0.05, 0.1) is 20.3 Å². The summed E-state index contributed by atoms with van der Waals surface area (Å²) in [6, 6.07) is 14.8. The van der Waals surface area contributed by atoms with E-state index in [0.717, 1.165) is 53.4 Å². The minimum atomic E-state index is -0.829. The van der Waals surface area contributed by atoms with E-state index in [2.05, 4.69) is 24.1 Å². The molecule has 2 aliphatic heterocycles. The second-order valence-electron chi connectivity index (χ2n) is 11.0. The Morgan fingerprint density at radius 1 is 1.09 bits per heavy atom. The smallest absolute Gasteiger partial charge is 0.364 e. The van der Waals surface area contributed by atoms with Crippen LogP contribution in [0.2, 0.25) is 0 Å². The van der Waals surface area contributed by atoms with Gasteiger partial charge in [-0.3, -0.25) is 9.69 Å². The average Bonchev–Trinajstić information content (AvgIpc) is 3.71. The SMILES string of the molecule is CCCOc1ccc([C@H]2CC(c3cc(OC)c4c(c3)OCO4)CN2CC(=O)Nc2c(CC)cccc2CC)c(F)c1.CSC(=O)O. The van der Waals surface area contributed by atoms with Crippen LogP contribution >= 0.6 is 11.8 Å². The van der Waals surface area contributed by atoms with E-state index in [0.29, 0.717) is 48.1 Å². The Morgan fingerprint density at radius 3 is 2.41 bits per heavy atom. The third kappa shape index (κ3) is 8.44. The molecule has 0 bridgehead atoms. The van der Waals surface area contributed by atoms with Gasteiger partial charge >= 0.3 is 5.30 Å². The molecule has 0 spiro atoms. The number of hydrogen-bond donors (Lipinski definition) is 2. The summed E-state index contributed by atoms with van der Waals surface area (Å²) < 4.78 is 38.0. The molecule has 3 aromatic rings. The van der Waals surface area contributed by atoms with Gasteiger partial charge in [0.15, 0.2) is 11.5 Å². The summed E-state index contributed by atoms with van der Waals surface area (Å²) in [5, 5.41) is 10.0. The fraction of sp³-hybridized carbons (Fsp3) is 0.429. The topological polar surface area (TPSA) is 107 Å². The number of nitrogens with one attached hydrogen (secondary N) is 1. The Bertz CT molecular complexity index is 1500. The summed E-state index contributed by atoms with van der Waals surface area (Å²) in [4.78, 5) is 24.9. The summed E-state index contributed by atoms with van der Waals surface area (Å²) >= 11 is 0.796. The molecule has 1 amide bonds. The van der Waals surface area contributed by atoms with Crippen molar-refractivity contribution in [2.24, 2.45) is 0 Å². The van der Waals surface area contributed by atoms with Crippen molar-refractivity contribution in [3.8, 4) is 23.0 Å². The molecule has 2 N–H and O–H groups in total. The van der Waals surface area contributed by atoms with Crippen LogP contribution in [-0.4, -0.2) is 61.1 Å². The van der Waals surface area contributed by atoms with Gasteiger partial charge in [-0.05, 0) is 84.5 Å². The molecule has 2 aliphatic rings. The van der Waals surface area contributed by atoms with Gasteiger partial charge in [0.25, 0.3) is 0 Å². The number of anilines is 1. The number of halogens is 1. The molecule has 2 heterocycles. The van der Waals surface area contributed by atoms with Gasteiger partial charge in [0.1, 0.15) is 11.6 Å². The van der Waals surface area contributed by atoms with Crippen LogP contribution in [-0.2, 0) is 17.6 Å². The highest BCUT2D eigenvalue weighted by molar-refractivity contribution is 8.12. The van der Waals surface area contributed by atoms with Gasteiger partial charge in [0.2, 0.25) is 18.4 Å². The number of carbonyl (C=O) groups excluding carboxylic acids is 1. The third-order valence-corrected chi connectivity index (χ3v) is 8.49. The first-order valence-electron chi connectivity index (χ1n) is 15.5. The molecule has 46 heavy (non-hydrogen) atoms. The summed E-state index contributed by atoms with van der Waals surface area (Å²) in [5.74, 6) is 1.93. The molecule has 2 atom stereocenters. The predicted molar refractivity (Wildman–Crippen MR) is 178 cm³/mol. The van der Waals surface area contributed by atoms with Crippen molar-refractivity contribution < 1.29 is 38.0 Å².